The topological polar surface area (TPSA) is 87.1 Å². The number of aromatic nitrogens is 2. The summed E-state index contributed by atoms with van der Waals surface area (Å²) in [5, 5.41) is 14.5. The van der Waals surface area contributed by atoms with Gasteiger partial charge in [-0.1, -0.05) is 0 Å². The van der Waals surface area contributed by atoms with Crippen molar-refractivity contribution >= 4 is 11.6 Å². The summed E-state index contributed by atoms with van der Waals surface area (Å²) in [6, 6.07) is 8.96. The summed E-state index contributed by atoms with van der Waals surface area (Å²) >= 11 is 0. The number of nitrogens with one attached hydrogen (secondary N) is 2. The normalized spacial score (nSPS) is 10.1. The van der Waals surface area contributed by atoms with Crippen molar-refractivity contribution in [1.82, 2.24) is 15.3 Å². The maximum absolute atomic E-state index is 11.6. The minimum atomic E-state index is -0.193. The van der Waals surface area contributed by atoms with Crippen molar-refractivity contribution < 1.29 is 9.90 Å². The highest BCUT2D eigenvalue weighted by molar-refractivity contribution is 5.94. The molecular formula is C14H16N4O2. The lowest BCUT2D eigenvalue weighted by Crippen LogP contribution is -2.26. The van der Waals surface area contributed by atoms with Crippen LogP contribution in [-0.4, -0.2) is 34.1 Å². The first-order chi connectivity index (χ1) is 9.79. The van der Waals surface area contributed by atoms with E-state index in [2.05, 4.69) is 20.6 Å². The Morgan fingerprint density at radius 2 is 2.00 bits per heavy atom. The maximum atomic E-state index is 11.6. The van der Waals surface area contributed by atoms with Crippen LogP contribution < -0.4 is 10.6 Å². The van der Waals surface area contributed by atoms with E-state index in [0.717, 1.165) is 11.4 Å². The number of rotatable bonds is 6. The second-order valence-corrected chi connectivity index (χ2v) is 4.11. The van der Waals surface area contributed by atoms with Crippen LogP contribution in [0.2, 0.25) is 0 Å². The molecule has 0 aliphatic heterocycles. The van der Waals surface area contributed by atoms with Gasteiger partial charge in [-0.3, -0.25) is 4.79 Å². The molecule has 1 heterocycles. The quantitative estimate of drug-likeness (QED) is 0.724. The molecular weight excluding hydrogens is 256 g/mol. The molecule has 0 bridgehead atoms. The molecule has 6 nitrogen and oxygen atoms in total. The highest BCUT2D eigenvalue weighted by Crippen LogP contribution is 2.10. The van der Waals surface area contributed by atoms with Crippen LogP contribution >= 0.6 is 0 Å². The third-order valence-corrected chi connectivity index (χ3v) is 2.66. The molecule has 1 aromatic carbocycles. The fourth-order valence-electron chi connectivity index (χ4n) is 1.63. The van der Waals surface area contributed by atoms with Gasteiger partial charge in [-0.15, -0.1) is 0 Å². The van der Waals surface area contributed by atoms with Crippen LogP contribution in [0.15, 0.2) is 42.9 Å². The third kappa shape index (κ3) is 4.03. The van der Waals surface area contributed by atoms with E-state index >= 15 is 0 Å². The first-order valence-corrected chi connectivity index (χ1v) is 6.27. The predicted octanol–water partition coefficient (Wildman–Crippen LogP) is 0.811. The third-order valence-electron chi connectivity index (χ3n) is 2.66. The number of benzene rings is 1. The largest absolute Gasteiger partial charge is 0.395 e. The van der Waals surface area contributed by atoms with E-state index in [0.29, 0.717) is 12.1 Å². The van der Waals surface area contributed by atoms with Gasteiger partial charge < -0.3 is 15.7 Å². The van der Waals surface area contributed by atoms with Crippen molar-refractivity contribution in [3.05, 3.63) is 54.1 Å². The van der Waals surface area contributed by atoms with E-state index in [1.807, 2.05) is 18.2 Å². The number of hydrogen-bond donors (Lipinski definition) is 3. The van der Waals surface area contributed by atoms with Crippen LogP contribution in [0.5, 0.6) is 0 Å². The Balaban J connectivity index is 1.90. The van der Waals surface area contributed by atoms with Gasteiger partial charge in [0.25, 0.3) is 5.91 Å². The fourth-order valence-corrected chi connectivity index (χ4v) is 1.63. The standard InChI is InChI=1S/C14H16N4O2/c19-8-7-16-14(20)11-1-3-12(4-2-11)17-9-13-5-6-15-10-18-13/h1-6,10,17,19H,7-9H2,(H,16,20). The van der Waals surface area contributed by atoms with Gasteiger partial charge in [-0.2, -0.15) is 0 Å². The van der Waals surface area contributed by atoms with Gasteiger partial charge >= 0.3 is 0 Å². The molecule has 0 atom stereocenters. The first kappa shape index (κ1) is 14.0. The van der Waals surface area contributed by atoms with Crippen LogP contribution in [0.3, 0.4) is 0 Å². The van der Waals surface area contributed by atoms with Gasteiger partial charge in [-0.05, 0) is 30.3 Å². The fraction of sp³-hybridized carbons (Fsp3) is 0.214. The number of nitrogens with zero attached hydrogens (tertiary/aromatic N) is 2. The second-order valence-electron chi connectivity index (χ2n) is 4.11. The van der Waals surface area contributed by atoms with Gasteiger partial charge in [-0.25, -0.2) is 9.97 Å². The molecule has 0 radical (unpaired) electrons. The molecule has 104 valence electrons. The van der Waals surface area contributed by atoms with Crippen molar-refractivity contribution in [2.45, 2.75) is 6.54 Å². The van der Waals surface area contributed by atoms with Crippen molar-refractivity contribution in [2.24, 2.45) is 0 Å². The number of anilines is 1. The minimum absolute atomic E-state index is 0.0652. The van der Waals surface area contributed by atoms with Crippen molar-refractivity contribution in [3.8, 4) is 0 Å². The Bertz CT molecular complexity index is 543. The van der Waals surface area contributed by atoms with Crippen LogP contribution in [0.4, 0.5) is 5.69 Å². The van der Waals surface area contributed by atoms with Crippen LogP contribution in [0.1, 0.15) is 16.1 Å². The maximum Gasteiger partial charge on any atom is 0.251 e. The molecule has 0 fully saturated rings. The highest BCUT2D eigenvalue weighted by atomic mass is 16.3. The lowest BCUT2D eigenvalue weighted by atomic mass is 10.2. The minimum Gasteiger partial charge on any atom is -0.395 e. The van der Waals surface area contributed by atoms with E-state index in [-0.39, 0.29) is 19.1 Å². The molecule has 0 saturated heterocycles. The molecule has 3 N–H and O–H groups in total. The van der Waals surface area contributed by atoms with E-state index in [9.17, 15) is 4.79 Å². The second kappa shape index (κ2) is 7.20. The van der Waals surface area contributed by atoms with Gasteiger partial charge in [0.05, 0.1) is 18.8 Å². The number of carbonyl (C=O) groups excluding carboxylic acids is 1. The van der Waals surface area contributed by atoms with Gasteiger partial charge in [0.15, 0.2) is 0 Å². The molecule has 2 rings (SSSR count). The zero-order chi connectivity index (χ0) is 14.2. The number of hydrogen-bond acceptors (Lipinski definition) is 5. The lowest BCUT2D eigenvalue weighted by molar-refractivity contribution is 0.0945. The Hall–Kier alpha value is -2.47. The molecule has 1 amide bonds. The summed E-state index contributed by atoms with van der Waals surface area (Å²) in [7, 11) is 0. The summed E-state index contributed by atoms with van der Waals surface area (Å²) in [6.45, 7) is 0.787. The Kier molecular flexibility index (Phi) is 5.02. The molecule has 20 heavy (non-hydrogen) atoms. The predicted molar refractivity (Wildman–Crippen MR) is 75.2 cm³/mol. The summed E-state index contributed by atoms with van der Waals surface area (Å²) < 4.78 is 0. The molecule has 6 heteroatoms. The Morgan fingerprint density at radius 1 is 1.20 bits per heavy atom. The molecule has 0 saturated carbocycles. The number of amides is 1. The zero-order valence-electron chi connectivity index (χ0n) is 10.9. The van der Waals surface area contributed by atoms with Crippen molar-refractivity contribution in [1.29, 1.82) is 0 Å². The SMILES string of the molecule is O=C(NCCO)c1ccc(NCc2ccncn2)cc1. The van der Waals surface area contributed by atoms with E-state index in [1.54, 1.807) is 18.3 Å². The summed E-state index contributed by atoms with van der Waals surface area (Å²) in [5.41, 5.74) is 2.36. The average Bonchev–Trinajstić information content (AvgIpc) is 2.52. The first-order valence-electron chi connectivity index (χ1n) is 6.27. The molecule has 1 aromatic heterocycles. The van der Waals surface area contributed by atoms with Crippen molar-refractivity contribution in [3.63, 3.8) is 0 Å². The van der Waals surface area contributed by atoms with Crippen molar-refractivity contribution in [2.75, 3.05) is 18.5 Å². The Labute approximate surface area is 116 Å². The van der Waals surface area contributed by atoms with Gasteiger partial charge in [0, 0.05) is 24.0 Å². The monoisotopic (exact) mass is 272 g/mol. The number of aliphatic hydroxyl groups excluding tert-OH is 1. The smallest absolute Gasteiger partial charge is 0.251 e. The summed E-state index contributed by atoms with van der Waals surface area (Å²) in [4.78, 5) is 19.6. The van der Waals surface area contributed by atoms with Crippen LogP contribution in [-0.2, 0) is 6.54 Å². The average molecular weight is 272 g/mol. The van der Waals surface area contributed by atoms with Gasteiger partial charge in [0.1, 0.15) is 6.33 Å². The number of aliphatic hydroxyl groups is 1. The summed E-state index contributed by atoms with van der Waals surface area (Å²) in [6.07, 6.45) is 3.20. The molecule has 0 spiro atoms. The zero-order valence-corrected chi connectivity index (χ0v) is 10.9. The Morgan fingerprint density at radius 3 is 2.65 bits per heavy atom. The van der Waals surface area contributed by atoms with Crippen LogP contribution in [0, 0.1) is 0 Å². The lowest BCUT2D eigenvalue weighted by Gasteiger charge is -2.07. The van der Waals surface area contributed by atoms with E-state index < -0.39 is 0 Å². The van der Waals surface area contributed by atoms with Gasteiger partial charge in [0.2, 0.25) is 0 Å². The summed E-state index contributed by atoms with van der Waals surface area (Å²) in [5.74, 6) is -0.193. The van der Waals surface area contributed by atoms with E-state index in [4.69, 9.17) is 5.11 Å². The molecule has 0 aliphatic carbocycles. The van der Waals surface area contributed by atoms with Crippen LogP contribution in [0.25, 0.3) is 0 Å². The van der Waals surface area contributed by atoms with E-state index in [1.165, 1.54) is 6.33 Å². The highest BCUT2D eigenvalue weighted by Gasteiger charge is 2.04. The molecule has 0 unspecified atom stereocenters. The molecule has 0 aliphatic rings. The number of carbonyl (C=O) groups is 1. The molecule has 2 aromatic rings.